The van der Waals surface area contributed by atoms with Crippen molar-refractivity contribution in [2.75, 3.05) is 82.3 Å². The van der Waals surface area contributed by atoms with E-state index in [0.717, 1.165) is 88.1 Å². The molecule has 0 saturated carbocycles. The van der Waals surface area contributed by atoms with Gasteiger partial charge >= 0.3 is 0 Å². The smallest absolute Gasteiger partial charge is 0.225 e. The summed E-state index contributed by atoms with van der Waals surface area (Å²) in [6.45, 7) is 9.60. The molecule has 1 N–H and O–H groups in total. The van der Waals surface area contributed by atoms with E-state index in [1.54, 1.807) is 12.4 Å². The molecular weight excluding hydrogens is 539 g/mol. The van der Waals surface area contributed by atoms with Gasteiger partial charge in [0, 0.05) is 84.9 Å². The Morgan fingerprint density at radius 1 is 0.938 bits per heavy atom. The van der Waals surface area contributed by atoms with Crippen molar-refractivity contribution in [3.8, 4) is 0 Å². The van der Waals surface area contributed by atoms with Gasteiger partial charge in [0.05, 0.1) is 10.7 Å². The number of piperazine rings is 2. The number of hydrogen-bond donors (Lipinski definition) is 1. The SMILES string of the molecule is CN=C(NCCN1CCN(c2ncccn2)CC1)N1CCN(c2ccccc2Cl)CC1.I. The van der Waals surface area contributed by atoms with E-state index in [9.17, 15) is 0 Å². The number of anilines is 2. The Balaban J connectivity index is 0.00000289. The summed E-state index contributed by atoms with van der Waals surface area (Å²) in [6, 6.07) is 9.92. The number of benzene rings is 1. The lowest BCUT2D eigenvalue weighted by Gasteiger charge is -2.38. The van der Waals surface area contributed by atoms with Crippen molar-refractivity contribution in [1.82, 2.24) is 25.1 Å². The maximum absolute atomic E-state index is 6.36. The minimum absolute atomic E-state index is 0. The van der Waals surface area contributed by atoms with Gasteiger partial charge in [-0.2, -0.15) is 0 Å². The van der Waals surface area contributed by atoms with Crippen LogP contribution in [-0.2, 0) is 0 Å². The summed E-state index contributed by atoms with van der Waals surface area (Å²) in [5.74, 6) is 1.81. The molecule has 0 radical (unpaired) electrons. The second-order valence-electron chi connectivity index (χ2n) is 7.78. The fourth-order valence-electron chi connectivity index (χ4n) is 4.15. The Kier molecular flexibility index (Phi) is 9.61. The maximum Gasteiger partial charge on any atom is 0.225 e. The molecule has 1 aromatic carbocycles. The van der Waals surface area contributed by atoms with Gasteiger partial charge in [0.2, 0.25) is 5.95 Å². The molecule has 2 saturated heterocycles. The molecule has 0 bridgehead atoms. The standard InChI is InChI=1S/C22H31ClN8.HI/c1-24-21(30-17-15-29(16-18-30)20-6-3-2-5-19(20)23)27-9-10-28-11-13-31(14-12-28)22-25-7-4-8-26-22;/h2-8H,9-18H2,1H3,(H,24,27);1H. The van der Waals surface area contributed by atoms with Crippen molar-refractivity contribution in [2.24, 2.45) is 4.99 Å². The number of rotatable bonds is 5. The van der Waals surface area contributed by atoms with Crippen molar-refractivity contribution >= 4 is 53.2 Å². The Hall–Kier alpha value is -1.85. The molecule has 4 rings (SSSR count). The molecule has 2 aromatic rings. The Morgan fingerprint density at radius 3 is 2.25 bits per heavy atom. The van der Waals surface area contributed by atoms with Crippen LogP contribution in [0.2, 0.25) is 5.02 Å². The van der Waals surface area contributed by atoms with Crippen LogP contribution in [0.25, 0.3) is 0 Å². The molecule has 8 nitrogen and oxygen atoms in total. The first kappa shape index (κ1) is 24.8. The monoisotopic (exact) mass is 570 g/mol. The van der Waals surface area contributed by atoms with Crippen molar-refractivity contribution < 1.29 is 0 Å². The van der Waals surface area contributed by atoms with E-state index in [4.69, 9.17) is 11.6 Å². The third kappa shape index (κ3) is 6.35. The molecule has 2 fully saturated rings. The van der Waals surface area contributed by atoms with Gasteiger partial charge < -0.3 is 20.0 Å². The average molecular weight is 571 g/mol. The van der Waals surface area contributed by atoms with E-state index in [1.807, 2.05) is 31.3 Å². The second kappa shape index (κ2) is 12.4. The van der Waals surface area contributed by atoms with Gasteiger partial charge in [-0.25, -0.2) is 9.97 Å². The topological polar surface area (TPSA) is 63.1 Å². The summed E-state index contributed by atoms with van der Waals surface area (Å²) in [5.41, 5.74) is 1.12. The van der Waals surface area contributed by atoms with Gasteiger partial charge in [-0.1, -0.05) is 23.7 Å². The Bertz CT molecular complexity index is 852. The van der Waals surface area contributed by atoms with Crippen LogP contribution in [0.15, 0.2) is 47.7 Å². The molecule has 2 aliphatic heterocycles. The lowest BCUT2D eigenvalue weighted by atomic mass is 10.2. The largest absolute Gasteiger partial charge is 0.367 e. The predicted molar refractivity (Wildman–Crippen MR) is 143 cm³/mol. The number of halogens is 2. The lowest BCUT2D eigenvalue weighted by molar-refractivity contribution is 0.258. The first-order chi connectivity index (χ1) is 15.2. The van der Waals surface area contributed by atoms with Gasteiger partial charge in [-0.05, 0) is 18.2 Å². The number of nitrogens with one attached hydrogen (secondary N) is 1. The Labute approximate surface area is 212 Å². The highest BCUT2D eigenvalue weighted by molar-refractivity contribution is 14.0. The molecule has 174 valence electrons. The predicted octanol–water partition coefficient (Wildman–Crippen LogP) is 2.27. The maximum atomic E-state index is 6.36. The van der Waals surface area contributed by atoms with Gasteiger partial charge in [-0.3, -0.25) is 9.89 Å². The minimum Gasteiger partial charge on any atom is -0.367 e. The van der Waals surface area contributed by atoms with Crippen molar-refractivity contribution in [1.29, 1.82) is 0 Å². The van der Waals surface area contributed by atoms with Crippen LogP contribution in [0.4, 0.5) is 11.6 Å². The van der Waals surface area contributed by atoms with Crippen LogP contribution in [0.3, 0.4) is 0 Å². The van der Waals surface area contributed by atoms with E-state index in [1.165, 1.54) is 0 Å². The van der Waals surface area contributed by atoms with E-state index in [-0.39, 0.29) is 24.0 Å². The summed E-state index contributed by atoms with van der Waals surface area (Å²) >= 11 is 6.36. The van der Waals surface area contributed by atoms with Crippen LogP contribution in [0, 0.1) is 0 Å². The molecule has 0 amide bonds. The van der Waals surface area contributed by atoms with E-state index in [2.05, 4.69) is 45.9 Å². The highest BCUT2D eigenvalue weighted by Crippen LogP contribution is 2.26. The minimum atomic E-state index is 0. The number of aromatic nitrogens is 2. The van der Waals surface area contributed by atoms with Gasteiger partial charge in [0.25, 0.3) is 0 Å². The summed E-state index contributed by atoms with van der Waals surface area (Å²) < 4.78 is 0. The molecular formula is C22H32ClIN8. The van der Waals surface area contributed by atoms with Crippen LogP contribution < -0.4 is 15.1 Å². The van der Waals surface area contributed by atoms with Gasteiger partial charge in [-0.15, -0.1) is 24.0 Å². The number of para-hydroxylation sites is 1. The molecule has 0 aliphatic carbocycles. The fourth-order valence-corrected chi connectivity index (χ4v) is 4.41. The first-order valence-corrected chi connectivity index (χ1v) is 11.3. The van der Waals surface area contributed by atoms with Crippen LogP contribution >= 0.6 is 35.6 Å². The molecule has 0 unspecified atom stereocenters. The second-order valence-corrected chi connectivity index (χ2v) is 8.18. The summed E-state index contributed by atoms with van der Waals surface area (Å²) in [4.78, 5) is 22.6. The normalized spacial score (nSPS) is 17.8. The van der Waals surface area contributed by atoms with Crippen molar-refractivity contribution in [3.63, 3.8) is 0 Å². The quantitative estimate of drug-likeness (QED) is 0.336. The van der Waals surface area contributed by atoms with Crippen LogP contribution in [0.1, 0.15) is 0 Å². The molecule has 3 heterocycles. The number of hydrogen-bond acceptors (Lipinski definition) is 6. The van der Waals surface area contributed by atoms with Crippen LogP contribution in [0.5, 0.6) is 0 Å². The molecule has 10 heteroatoms. The zero-order valence-electron chi connectivity index (χ0n) is 18.5. The van der Waals surface area contributed by atoms with Gasteiger partial charge in [0.15, 0.2) is 5.96 Å². The zero-order chi connectivity index (χ0) is 21.5. The van der Waals surface area contributed by atoms with E-state index in [0.29, 0.717) is 0 Å². The van der Waals surface area contributed by atoms with E-state index < -0.39 is 0 Å². The summed E-state index contributed by atoms with van der Waals surface area (Å²) in [6.07, 6.45) is 3.61. The number of nitrogens with zero attached hydrogens (tertiary/aromatic N) is 7. The Morgan fingerprint density at radius 2 is 1.59 bits per heavy atom. The number of guanidine groups is 1. The summed E-state index contributed by atoms with van der Waals surface area (Å²) in [7, 11) is 1.86. The van der Waals surface area contributed by atoms with Gasteiger partial charge in [0.1, 0.15) is 0 Å². The third-order valence-corrected chi connectivity index (χ3v) is 6.22. The molecule has 0 spiro atoms. The zero-order valence-corrected chi connectivity index (χ0v) is 21.6. The highest BCUT2D eigenvalue weighted by atomic mass is 127. The molecule has 2 aliphatic rings. The molecule has 0 atom stereocenters. The number of aliphatic imine (C=N–C) groups is 1. The molecule has 32 heavy (non-hydrogen) atoms. The third-order valence-electron chi connectivity index (χ3n) is 5.90. The first-order valence-electron chi connectivity index (χ1n) is 10.9. The summed E-state index contributed by atoms with van der Waals surface area (Å²) in [5, 5.41) is 4.36. The lowest BCUT2D eigenvalue weighted by Crippen LogP contribution is -2.54. The highest BCUT2D eigenvalue weighted by Gasteiger charge is 2.22. The van der Waals surface area contributed by atoms with Crippen molar-refractivity contribution in [2.45, 2.75) is 0 Å². The van der Waals surface area contributed by atoms with Crippen molar-refractivity contribution in [3.05, 3.63) is 47.7 Å². The molecule has 1 aromatic heterocycles. The average Bonchev–Trinajstić information content (AvgIpc) is 2.83. The van der Waals surface area contributed by atoms with Crippen LogP contribution in [-0.4, -0.2) is 98.2 Å². The van der Waals surface area contributed by atoms with E-state index >= 15 is 0 Å². The fraction of sp³-hybridized carbons (Fsp3) is 0.500.